The molecule has 114 valence electrons. The maximum absolute atomic E-state index is 12.4. The van der Waals surface area contributed by atoms with E-state index in [1.807, 2.05) is 6.92 Å². The van der Waals surface area contributed by atoms with Gasteiger partial charge in [-0.2, -0.15) is 0 Å². The number of hydrogen-bond donors (Lipinski definition) is 2. The van der Waals surface area contributed by atoms with Crippen LogP contribution in [0.3, 0.4) is 0 Å². The Kier molecular flexibility index (Phi) is 5.18. The number of hydrogen-bond acceptors (Lipinski definition) is 3. The summed E-state index contributed by atoms with van der Waals surface area (Å²) in [5.74, 6) is 0.339. The molecule has 2 aliphatic rings. The minimum absolute atomic E-state index is 0.00535. The molecular formula is C14H24N2O3S. The number of carboxylic acid groups (broad SMARTS) is 1. The Morgan fingerprint density at radius 2 is 2.15 bits per heavy atom. The van der Waals surface area contributed by atoms with Crippen molar-refractivity contribution in [3.63, 3.8) is 0 Å². The molecule has 3 atom stereocenters. The molecule has 2 fully saturated rings. The molecule has 0 spiro atoms. The summed E-state index contributed by atoms with van der Waals surface area (Å²) >= 11 is 1.58. The molecule has 0 aromatic carbocycles. The fraction of sp³-hybridized carbons (Fsp3) is 0.857. The molecule has 1 aliphatic carbocycles. The molecule has 1 heterocycles. The second-order valence-electron chi connectivity index (χ2n) is 5.87. The van der Waals surface area contributed by atoms with Gasteiger partial charge in [-0.05, 0) is 25.7 Å². The lowest BCUT2D eigenvalue weighted by Crippen LogP contribution is -2.52. The first-order chi connectivity index (χ1) is 9.52. The molecule has 0 radical (unpaired) electrons. The van der Waals surface area contributed by atoms with Crippen molar-refractivity contribution in [3.8, 4) is 0 Å². The minimum Gasteiger partial charge on any atom is -0.480 e. The summed E-state index contributed by atoms with van der Waals surface area (Å²) in [6.07, 6.45) is 5.32. The topological polar surface area (TPSA) is 69.6 Å². The average molecular weight is 300 g/mol. The summed E-state index contributed by atoms with van der Waals surface area (Å²) in [5, 5.41) is 12.2. The van der Waals surface area contributed by atoms with Crippen LogP contribution in [0.15, 0.2) is 0 Å². The lowest BCUT2D eigenvalue weighted by Gasteiger charge is -2.29. The zero-order valence-corrected chi connectivity index (χ0v) is 13.0. The summed E-state index contributed by atoms with van der Waals surface area (Å²) in [4.78, 5) is 25.2. The van der Waals surface area contributed by atoms with Crippen LogP contribution in [-0.2, 0) is 4.79 Å². The Labute approximate surface area is 124 Å². The molecule has 5 nitrogen and oxygen atoms in total. The predicted molar refractivity (Wildman–Crippen MR) is 79.8 cm³/mol. The van der Waals surface area contributed by atoms with Gasteiger partial charge in [-0.15, -0.1) is 11.8 Å². The van der Waals surface area contributed by atoms with Crippen molar-refractivity contribution in [2.75, 3.05) is 5.75 Å². The van der Waals surface area contributed by atoms with E-state index in [0.717, 1.165) is 25.2 Å². The molecule has 6 heteroatoms. The van der Waals surface area contributed by atoms with Crippen LogP contribution in [0.25, 0.3) is 0 Å². The van der Waals surface area contributed by atoms with E-state index in [1.165, 1.54) is 12.8 Å². The van der Waals surface area contributed by atoms with Gasteiger partial charge in [0.2, 0.25) is 0 Å². The highest BCUT2D eigenvalue weighted by molar-refractivity contribution is 8.00. The van der Waals surface area contributed by atoms with Crippen molar-refractivity contribution in [2.45, 2.75) is 63.4 Å². The van der Waals surface area contributed by atoms with Gasteiger partial charge in [-0.3, -0.25) is 4.90 Å². The minimum atomic E-state index is -0.902. The first-order valence-electron chi connectivity index (χ1n) is 7.46. The molecule has 2 N–H and O–H groups in total. The van der Waals surface area contributed by atoms with E-state index >= 15 is 0 Å². The summed E-state index contributed by atoms with van der Waals surface area (Å²) in [6, 6.07) is -0.781. The van der Waals surface area contributed by atoms with Crippen LogP contribution in [-0.4, -0.2) is 45.2 Å². The highest BCUT2D eigenvalue weighted by Gasteiger charge is 2.41. The second-order valence-corrected chi connectivity index (χ2v) is 7.08. The number of carboxylic acids is 1. The number of carbonyl (C=O) groups excluding carboxylic acids is 1. The molecule has 20 heavy (non-hydrogen) atoms. The maximum atomic E-state index is 12.4. The van der Waals surface area contributed by atoms with E-state index in [1.54, 1.807) is 16.7 Å². The predicted octanol–water partition coefficient (Wildman–Crippen LogP) is 2.51. The molecule has 1 saturated carbocycles. The van der Waals surface area contributed by atoms with Crippen LogP contribution in [0.2, 0.25) is 0 Å². The quantitative estimate of drug-likeness (QED) is 0.791. The Morgan fingerprint density at radius 1 is 1.45 bits per heavy atom. The number of amides is 2. The van der Waals surface area contributed by atoms with Crippen molar-refractivity contribution >= 4 is 23.8 Å². The Bertz CT molecular complexity index is 373. The number of nitrogens with one attached hydrogen (secondary N) is 1. The first-order valence-corrected chi connectivity index (χ1v) is 8.51. The van der Waals surface area contributed by atoms with Crippen LogP contribution in [0.1, 0.15) is 46.0 Å². The van der Waals surface area contributed by atoms with Gasteiger partial charge in [-0.25, -0.2) is 9.59 Å². The zero-order valence-electron chi connectivity index (χ0n) is 12.2. The number of urea groups is 1. The lowest BCUT2D eigenvalue weighted by molar-refractivity contribution is -0.141. The van der Waals surface area contributed by atoms with Gasteiger partial charge in [0, 0.05) is 11.8 Å². The van der Waals surface area contributed by atoms with Crippen molar-refractivity contribution < 1.29 is 14.7 Å². The van der Waals surface area contributed by atoms with E-state index < -0.39 is 12.0 Å². The van der Waals surface area contributed by atoms with Gasteiger partial charge < -0.3 is 10.4 Å². The van der Waals surface area contributed by atoms with Gasteiger partial charge in [0.25, 0.3) is 0 Å². The molecule has 2 rings (SSSR count). The van der Waals surface area contributed by atoms with Crippen LogP contribution in [0.4, 0.5) is 4.79 Å². The fourth-order valence-electron chi connectivity index (χ4n) is 2.69. The summed E-state index contributed by atoms with van der Waals surface area (Å²) in [7, 11) is 0. The smallest absolute Gasteiger partial charge is 0.327 e. The van der Waals surface area contributed by atoms with Crippen molar-refractivity contribution in [1.29, 1.82) is 0 Å². The van der Waals surface area contributed by atoms with Crippen LogP contribution < -0.4 is 5.32 Å². The lowest BCUT2D eigenvalue weighted by atomic mass is 10.1. The third kappa shape index (κ3) is 3.81. The van der Waals surface area contributed by atoms with Crippen LogP contribution >= 0.6 is 11.8 Å². The third-order valence-corrected chi connectivity index (χ3v) is 5.26. The molecule has 3 unspecified atom stereocenters. The van der Waals surface area contributed by atoms with Gasteiger partial charge in [0.05, 0.1) is 5.37 Å². The highest BCUT2D eigenvalue weighted by Crippen LogP contribution is 2.34. The monoisotopic (exact) mass is 300 g/mol. The van der Waals surface area contributed by atoms with E-state index in [0.29, 0.717) is 5.75 Å². The molecule has 0 aromatic rings. The third-order valence-electron chi connectivity index (χ3n) is 3.90. The molecule has 2 amide bonds. The van der Waals surface area contributed by atoms with Gasteiger partial charge in [0.15, 0.2) is 0 Å². The first kappa shape index (κ1) is 15.5. The Balaban J connectivity index is 1.96. The molecule has 0 bridgehead atoms. The second kappa shape index (κ2) is 6.70. The average Bonchev–Trinajstić information content (AvgIpc) is 3.06. The zero-order chi connectivity index (χ0) is 14.7. The van der Waals surface area contributed by atoms with Crippen LogP contribution in [0, 0.1) is 5.92 Å². The van der Waals surface area contributed by atoms with E-state index in [2.05, 4.69) is 12.2 Å². The van der Waals surface area contributed by atoms with Crippen molar-refractivity contribution in [1.82, 2.24) is 10.2 Å². The molecule has 1 saturated heterocycles. The summed E-state index contributed by atoms with van der Waals surface area (Å²) < 4.78 is 0. The molecular weight excluding hydrogens is 276 g/mol. The Hall–Kier alpha value is -0.910. The molecule has 0 aromatic heterocycles. The van der Waals surface area contributed by atoms with Gasteiger partial charge >= 0.3 is 12.0 Å². The highest BCUT2D eigenvalue weighted by atomic mass is 32.2. The largest absolute Gasteiger partial charge is 0.480 e. The maximum Gasteiger partial charge on any atom is 0.327 e. The van der Waals surface area contributed by atoms with Crippen LogP contribution in [0.5, 0.6) is 0 Å². The number of nitrogens with zero attached hydrogens (tertiary/aromatic N) is 1. The standard InChI is InChI=1S/C14H24N2O3S/c1-3-4-12-16(11(8-20-12)13(17)18)14(19)15-9(2)7-10-5-6-10/h9-12H,3-8H2,1-2H3,(H,15,19)(H,17,18). The fourth-order valence-corrected chi connectivity index (χ4v) is 4.21. The van der Waals surface area contributed by atoms with Gasteiger partial charge in [-0.1, -0.05) is 26.2 Å². The number of rotatable bonds is 6. The van der Waals surface area contributed by atoms with E-state index in [-0.39, 0.29) is 17.4 Å². The van der Waals surface area contributed by atoms with E-state index in [9.17, 15) is 14.7 Å². The SMILES string of the molecule is CCCC1SCC(C(=O)O)N1C(=O)NC(C)CC1CC1. The number of carbonyl (C=O) groups is 2. The van der Waals surface area contributed by atoms with E-state index in [4.69, 9.17) is 0 Å². The molecule has 1 aliphatic heterocycles. The normalized spacial score (nSPS) is 27.4. The number of thioether (sulfide) groups is 1. The number of aliphatic carboxylic acids is 1. The van der Waals surface area contributed by atoms with Crippen molar-refractivity contribution in [3.05, 3.63) is 0 Å². The summed E-state index contributed by atoms with van der Waals surface area (Å²) in [5.41, 5.74) is 0. The van der Waals surface area contributed by atoms with Gasteiger partial charge in [0.1, 0.15) is 6.04 Å². The Morgan fingerprint density at radius 3 is 2.70 bits per heavy atom. The summed E-state index contributed by atoms with van der Waals surface area (Å²) in [6.45, 7) is 4.06. The van der Waals surface area contributed by atoms with Crippen molar-refractivity contribution in [2.24, 2.45) is 5.92 Å².